The normalized spacial score (nSPS) is 12.6. The zero-order valence-electron chi connectivity index (χ0n) is 15.2. The topological polar surface area (TPSA) is 0 Å². The van der Waals surface area contributed by atoms with E-state index in [4.69, 9.17) is 0 Å². The van der Waals surface area contributed by atoms with Crippen molar-refractivity contribution in [2.45, 2.75) is 55.4 Å². The van der Waals surface area contributed by atoms with Crippen molar-refractivity contribution in [3.8, 4) is 11.1 Å². The van der Waals surface area contributed by atoms with Crippen LogP contribution in [0, 0.1) is 55.4 Å². The van der Waals surface area contributed by atoms with Crippen molar-refractivity contribution < 1.29 is 0 Å². The van der Waals surface area contributed by atoms with Crippen LogP contribution in [0.15, 0.2) is 6.58 Å². The Morgan fingerprint density at radius 1 is 0.364 bits per heavy atom. The Labute approximate surface area is 134 Å². The Morgan fingerprint density at radius 3 is 0.864 bits per heavy atom. The summed E-state index contributed by atoms with van der Waals surface area (Å²) in [5, 5.41) is 0. The molecule has 0 amide bonds. The van der Waals surface area contributed by atoms with Crippen molar-refractivity contribution in [3.63, 3.8) is 0 Å². The fourth-order valence-corrected chi connectivity index (χ4v) is 4.13. The molecule has 2 aromatic carbocycles. The monoisotopic (exact) mass is 290 g/mol. The number of hydrogen-bond donors (Lipinski definition) is 0. The largest absolute Gasteiger partial charge is 0.0905 e. The van der Waals surface area contributed by atoms with Gasteiger partial charge < -0.3 is 0 Å². The third kappa shape index (κ3) is 1.59. The highest BCUT2D eigenvalue weighted by Gasteiger charge is 2.31. The van der Waals surface area contributed by atoms with Gasteiger partial charge in [-0.1, -0.05) is 6.58 Å². The van der Waals surface area contributed by atoms with E-state index in [1.54, 1.807) is 0 Å². The van der Waals surface area contributed by atoms with E-state index >= 15 is 0 Å². The molecule has 1 aliphatic carbocycles. The Kier molecular flexibility index (Phi) is 3.15. The van der Waals surface area contributed by atoms with Gasteiger partial charge in [0, 0.05) is 0 Å². The second-order valence-corrected chi connectivity index (χ2v) is 6.98. The van der Waals surface area contributed by atoms with E-state index in [-0.39, 0.29) is 0 Å². The molecule has 0 atom stereocenters. The molecule has 0 aromatic heterocycles. The summed E-state index contributed by atoms with van der Waals surface area (Å²) in [7, 11) is 0. The molecule has 0 bridgehead atoms. The van der Waals surface area contributed by atoms with Crippen molar-refractivity contribution in [2.24, 2.45) is 0 Å². The summed E-state index contributed by atoms with van der Waals surface area (Å²) < 4.78 is 0. The van der Waals surface area contributed by atoms with Crippen molar-refractivity contribution in [1.82, 2.24) is 0 Å². The van der Waals surface area contributed by atoms with Crippen molar-refractivity contribution in [1.29, 1.82) is 0 Å². The van der Waals surface area contributed by atoms with Gasteiger partial charge in [0.15, 0.2) is 0 Å². The van der Waals surface area contributed by atoms with Gasteiger partial charge in [0.1, 0.15) is 0 Å². The standard InChI is InChI=1S/C22H26/c1-10-12(3)16(7)21-19(14(10)5)18(9)20-15(6)11(2)13(4)17(8)22(20)21/h9H2,1-8H3. The van der Waals surface area contributed by atoms with Crippen LogP contribution in [0.25, 0.3) is 16.7 Å². The summed E-state index contributed by atoms with van der Waals surface area (Å²) in [4.78, 5) is 0. The molecule has 0 saturated carbocycles. The van der Waals surface area contributed by atoms with E-state index in [2.05, 4.69) is 62.0 Å². The number of fused-ring (bicyclic) bond motifs is 3. The molecule has 22 heavy (non-hydrogen) atoms. The second-order valence-electron chi connectivity index (χ2n) is 6.98. The first-order valence-electron chi connectivity index (χ1n) is 8.10. The molecular weight excluding hydrogens is 264 g/mol. The minimum atomic E-state index is 1.22. The Balaban J connectivity index is 2.59. The van der Waals surface area contributed by atoms with E-state index in [0.717, 1.165) is 0 Å². The molecule has 1 aliphatic rings. The Hall–Kier alpha value is -1.82. The van der Waals surface area contributed by atoms with Gasteiger partial charge in [-0.05, 0) is 128 Å². The first kappa shape index (κ1) is 15.1. The molecule has 0 radical (unpaired) electrons. The minimum absolute atomic E-state index is 1.22. The SMILES string of the molecule is C=C1c2c(C)c(C)c(C)c(C)c2-c2c(C)c(C)c(C)c(C)c21. The summed E-state index contributed by atoms with van der Waals surface area (Å²) in [6.07, 6.45) is 0. The van der Waals surface area contributed by atoms with Gasteiger partial charge in [0.05, 0.1) is 0 Å². The van der Waals surface area contributed by atoms with Crippen LogP contribution in [-0.2, 0) is 0 Å². The highest BCUT2D eigenvalue weighted by molar-refractivity contribution is 6.05. The lowest BCUT2D eigenvalue weighted by molar-refractivity contribution is 1.20. The molecule has 0 saturated heterocycles. The molecule has 0 heteroatoms. The number of rotatable bonds is 0. The molecule has 0 N–H and O–H groups in total. The van der Waals surface area contributed by atoms with Crippen LogP contribution in [0.2, 0.25) is 0 Å². The van der Waals surface area contributed by atoms with E-state index in [1.165, 1.54) is 72.3 Å². The van der Waals surface area contributed by atoms with Crippen LogP contribution in [-0.4, -0.2) is 0 Å². The molecule has 3 rings (SSSR count). The zero-order chi connectivity index (χ0) is 16.5. The molecular formula is C22H26. The lowest BCUT2D eigenvalue weighted by Gasteiger charge is -2.18. The first-order chi connectivity index (χ1) is 10.2. The quantitative estimate of drug-likeness (QED) is 0.462. The van der Waals surface area contributed by atoms with Crippen LogP contribution >= 0.6 is 0 Å². The molecule has 0 fully saturated rings. The zero-order valence-corrected chi connectivity index (χ0v) is 15.2. The van der Waals surface area contributed by atoms with E-state index < -0.39 is 0 Å². The third-order valence-electron chi connectivity index (χ3n) is 6.23. The van der Waals surface area contributed by atoms with Crippen molar-refractivity contribution in [2.75, 3.05) is 0 Å². The maximum absolute atomic E-state index is 4.48. The van der Waals surface area contributed by atoms with Gasteiger partial charge >= 0.3 is 0 Å². The van der Waals surface area contributed by atoms with E-state index in [0.29, 0.717) is 0 Å². The maximum atomic E-state index is 4.48. The predicted octanol–water partition coefficient (Wildman–Crippen LogP) is 6.20. The van der Waals surface area contributed by atoms with Crippen molar-refractivity contribution in [3.05, 3.63) is 62.2 Å². The van der Waals surface area contributed by atoms with Gasteiger partial charge in [-0.2, -0.15) is 0 Å². The summed E-state index contributed by atoms with van der Waals surface area (Å²) in [6, 6.07) is 0. The maximum Gasteiger partial charge on any atom is -0.00615 e. The summed E-state index contributed by atoms with van der Waals surface area (Å²) in [5.41, 5.74) is 18.2. The summed E-state index contributed by atoms with van der Waals surface area (Å²) in [6.45, 7) is 22.5. The first-order valence-corrected chi connectivity index (χ1v) is 8.10. The summed E-state index contributed by atoms with van der Waals surface area (Å²) >= 11 is 0. The van der Waals surface area contributed by atoms with E-state index in [9.17, 15) is 0 Å². The average molecular weight is 290 g/mol. The van der Waals surface area contributed by atoms with E-state index in [1.807, 2.05) is 0 Å². The van der Waals surface area contributed by atoms with Gasteiger partial charge in [-0.15, -0.1) is 0 Å². The molecule has 0 heterocycles. The molecule has 0 nitrogen and oxygen atoms in total. The molecule has 0 aliphatic heterocycles. The van der Waals surface area contributed by atoms with Crippen LogP contribution in [0.3, 0.4) is 0 Å². The molecule has 2 aromatic rings. The highest BCUT2D eigenvalue weighted by Crippen LogP contribution is 2.52. The lowest BCUT2D eigenvalue weighted by atomic mass is 9.86. The van der Waals surface area contributed by atoms with Crippen LogP contribution in [0.1, 0.15) is 55.6 Å². The van der Waals surface area contributed by atoms with Gasteiger partial charge in [0.2, 0.25) is 0 Å². The fraction of sp³-hybridized carbons (Fsp3) is 0.364. The number of benzene rings is 2. The Bertz CT molecular complexity index is 790. The lowest BCUT2D eigenvalue weighted by Crippen LogP contribution is -1.99. The molecule has 114 valence electrons. The number of hydrogen-bond acceptors (Lipinski definition) is 0. The molecule has 0 unspecified atom stereocenters. The highest BCUT2D eigenvalue weighted by atomic mass is 14.3. The minimum Gasteiger partial charge on any atom is -0.0905 e. The van der Waals surface area contributed by atoms with Gasteiger partial charge in [-0.3, -0.25) is 0 Å². The van der Waals surface area contributed by atoms with Gasteiger partial charge in [-0.25, -0.2) is 0 Å². The fourth-order valence-electron chi connectivity index (χ4n) is 4.13. The van der Waals surface area contributed by atoms with Crippen LogP contribution in [0.4, 0.5) is 0 Å². The van der Waals surface area contributed by atoms with Crippen LogP contribution < -0.4 is 0 Å². The van der Waals surface area contributed by atoms with Gasteiger partial charge in [0.25, 0.3) is 0 Å². The average Bonchev–Trinajstić information content (AvgIpc) is 2.80. The third-order valence-corrected chi connectivity index (χ3v) is 6.23. The predicted molar refractivity (Wildman–Crippen MR) is 97.9 cm³/mol. The smallest absolute Gasteiger partial charge is 0.00615 e. The second kappa shape index (κ2) is 4.59. The molecule has 0 spiro atoms. The summed E-state index contributed by atoms with van der Waals surface area (Å²) in [5.74, 6) is 0. The van der Waals surface area contributed by atoms with Crippen LogP contribution in [0.5, 0.6) is 0 Å². The van der Waals surface area contributed by atoms with Crippen molar-refractivity contribution >= 4 is 5.57 Å². The Morgan fingerprint density at radius 2 is 0.591 bits per heavy atom.